The number of ether oxygens (including phenoxy) is 1. The van der Waals surface area contributed by atoms with Crippen molar-refractivity contribution in [3.63, 3.8) is 0 Å². The zero-order chi connectivity index (χ0) is 17.6. The van der Waals surface area contributed by atoms with Crippen LogP contribution in [0.25, 0.3) is 0 Å². The lowest BCUT2D eigenvalue weighted by Crippen LogP contribution is -2.38. The zero-order valence-electron chi connectivity index (χ0n) is 14.8. The molecule has 1 aromatic heterocycles. The van der Waals surface area contributed by atoms with Crippen molar-refractivity contribution in [1.29, 1.82) is 0 Å². The van der Waals surface area contributed by atoms with Crippen molar-refractivity contribution < 1.29 is 4.74 Å². The molecule has 0 unspecified atom stereocenters. The van der Waals surface area contributed by atoms with Gasteiger partial charge in [-0.1, -0.05) is 55.4 Å². The Morgan fingerprint density at radius 1 is 1.20 bits per heavy atom. The molecule has 5 nitrogen and oxygen atoms in total. The van der Waals surface area contributed by atoms with Crippen LogP contribution in [0.2, 0.25) is 5.02 Å². The van der Waals surface area contributed by atoms with E-state index in [0.29, 0.717) is 5.92 Å². The fourth-order valence-corrected chi connectivity index (χ4v) is 4.01. The predicted octanol–water partition coefficient (Wildman–Crippen LogP) is 3.76. The number of hydrogen-bond donors (Lipinski definition) is 0. The molecule has 136 valence electrons. The zero-order valence-corrected chi connectivity index (χ0v) is 16.4. The summed E-state index contributed by atoms with van der Waals surface area (Å²) >= 11 is 8.00. The normalized spacial score (nSPS) is 15.1. The van der Waals surface area contributed by atoms with E-state index in [0.717, 1.165) is 61.1 Å². The van der Waals surface area contributed by atoms with Crippen LogP contribution in [0, 0.1) is 5.92 Å². The summed E-state index contributed by atoms with van der Waals surface area (Å²) in [4.78, 5) is 2.27. The summed E-state index contributed by atoms with van der Waals surface area (Å²) in [6, 6.07) is 8.02. The van der Waals surface area contributed by atoms with E-state index in [1.54, 1.807) is 11.8 Å². The summed E-state index contributed by atoms with van der Waals surface area (Å²) in [7, 11) is 0. The summed E-state index contributed by atoms with van der Waals surface area (Å²) in [5, 5.41) is 10.8. The van der Waals surface area contributed by atoms with Gasteiger partial charge in [-0.15, -0.1) is 10.2 Å². The van der Waals surface area contributed by atoms with Crippen LogP contribution < -0.4 is 4.90 Å². The molecule has 0 atom stereocenters. The summed E-state index contributed by atoms with van der Waals surface area (Å²) in [6.45, 7) is 8.63. The minimum absolute atomic E-state index is 0.540. The first kappa shape index (κ1) is 18.5. The van der Waals surface area contributed by atoms with Crippen LogP contribution in [0.5, 0.6) is 0 Å². The minimum Gasteiger partial charge on any atom is -0.378 e. The molecule has 1 saturated heterocycles. The van der Waals surface area contributed by atoms with Crippen molar-refractivity contribution >= 4 is 29.3 Å². The summed E-state index contributed by atoms with van der Waals surface area (Å²) in [5.41, 5.74) is 1.18. The number of anilines is 1. The largest absolute Gasteiger partial charge is 0.378 e. The van der Waals surface area contributed by atoms with Crippen molar-refractivity contribution in [1.82, 2.24) is 14.8 Å². The molecule has 3 rings (SSSR count). The first-order valence-electron chi connectivity index (χ1n) is 8.77. The number of nitrogens with zero attached hydrogens (tertiary/aromatic N) is 4. The van der Waals surface area contributed by atoms with Gasteiger partial charge >= 0.3 is 0 Å². The van der Waals surface area contributed by atoms with E-state index in [2.05, 4.69) is 39.6 Å². The van der Waals surface area contributed by atoms with Gasteiger partial charge in [-0.05, 0) is 24.0 Å². The van der Waals surface area contributed by atoms with Crippen LogP contribution in [-0.2, 0) is 17.7 Å². The van der Waals surface area contributed by atoms with Crippen LogP contribution in [0.3, 0.4) is 0 Å². The molecule has 0 amide bonds. The van der Waals surface area contributed by atoms with Crippen LogP contribution in [0.1, 0.15) is 19.4 Å². The first-order valence-corrected chi connectivity index (χ1v) is 10.1. The van der Waals surface area contributed by atoms with Crippen molar-refractivity contribution in [2.24, 2.45) is 5.92 Å². The SMILES string of the molecule is CC(C)Cn1c(SCCc2ccccc2Cl)nnc1N1CCOCC1. The molecule has 2 heterocycles. The molecule has 1 aliphatic heterocycles. The van der Waals surface area contributed by atoms with Crippen molar-refractivity contribution in [2.75, 3.05) is 37.0 Å². The van der Waals surface area contributed by atoms with Gasteiger partial charge in [-0.3, -0.25) is 4.57 Å². The Labute approximate surface area is 158 Å². The monoisotopic (exact) mass is 380 g/mol. The maximum Gasteiger partial charge on any atom is 0.228 e. The molecule has 0 spiro atoms. The Morgan fingerprint density at radius 2 is 1.96 bits per heavy atom. The summed E-state index contributed by atoms with van der Waals surface area (Å²) in [6.07, 6.45) is 0.922. The molecule has 25 heavy (non-hydrogen) atoms. The first-order chi connectivity index (χ1) is 12.1. The Balaban J connectivity index is 1.69. The van der Waals surface area contributed by atoms with Crippen LogP contribution in [0.4, 0.5) is 5.95 Å². The lowest BCUT2D eigenvalue weighted by atomic mass is 10.2. The molecular formula is C18H25ClN4OS. The molecular weight excluding hydrogens is 356 g/mol. The Hall–Kier alpha value is -1.24. The number of benzene rings is 1. The fourth-order valence-electron chi connectivity index (χ4n) is 2.86. The molecule has 1 fully saturated rings. The van der Waals surface area contributed by atoms with E-state index < -0.39 is 0 Å². The second-order valence-corrected chi connectivity index (χ2v) is 8.05. The van der Waals surface area contributed by atoms with Crippen LogP contribution in [-0.4, -0.2) is 46.8 Å². The minimum atomic E-state index is 0.540. The second kappa shape index (κ2) is 8.92. The van der Waals surface area contributed by atoms with Crippen LogP contribution >= 0.6 is 23.4 Å². The van der Waals surface area contributed by atoms with Gasteiger partial charge in [0.05, 0.1) is 13.2 Å². The average Bonchev–Trinajstić information content (AvgIpc) is 2.99. The highest BCUT2D eigenvalue weighted by atomic mass is 35.5. The number of hydrogen-bond acceptors (Lipinski definition) is 5. The van der Waals surface area contributed by atoms with E-state index in [1.165, 1.54) is 5.56 Å². The van der Waals surface area contributed by atoms with E-state index in [4.69, 9.17) is 16.3 Å². The van der Waals surface area contributed by atoms with Crippen molar-refractivity contribution in [3.8, 4) is 0 Å². The van der Waals surface area contributed by atoms with E-state index in [-0.39, 0.29) is 0 Å². The van der Waals surface area contributed by atoms with Gasteiger partial charge in [0.2, 0.25) is 5.95 Å². The third-order valence-electron chi connectivity index (χ3n) is 4.10. The lowest BCUT2D eigenvalue weighted by molar-refractivity contribution is 0.121. The number of halogens is 1. The smallest absolute Gasteiger partial charge is 0.228 e. The quantitative estimate of drug-likeness (QED) is 0.684. The topological polar surface area (TPSA) is 43.2 Å². The third kappa shape index (κ3) is 4.90. The summed E-state index contributed by atoms with van der Waals surface area (Å²) in [5.74, 6) is 2.44. The molecule has 1 aliphatic rings. The molecule has 0 saturated carbocycles. The van der Waals surface area contributed by atoms with E-state index >= 15 is 0 Å². The standard InChI is InChI=1S/C18H25ClN4OS/c1-14(2)13-23-17(22-8-10-24-11-9-22)20-21-18(23)25-12-7-15-5-3-4-6-16(15)19/h3-6,14H,7-13H2,1-2H3. The lowest BCUT2D eigenvalue weighted by Gasteiger charge is -2.28. The average molecular weight is 381 g/mol. The van der Waals surface area contributed by atoms with Gasteiger partial charge in [-0.2, -0.15) is 0 Å². The maximum absolute atomic E-state index is 6.25. The van der Waals surface area contributed by atoms with Crippen molar-refractivity contribution in [3.05, 3.63) is 34.9 Å². The molecule has 2 aromatic rings. The molecule has 0 N–H and O–H groups in total. The Kier molecular flexibility index (Phi) is 6.62. The predicted molar refractivity (Wildman–Crippen MR) is 104 cm³/mol. The van der Waals surface area contributed by atoms with Gasteiger partial charge in [0, 0.05) is 30.4 Å². The third-order valence-corrected chi connectivity index (χ3v) is 5.44. The van der Waals surface area contributed by atoms with E-state index in [9.17, 15) is 0 Å². The van der Waals surface area contributed by atoms with Gasteiger partial charge in [0.25, 0.3) is 0 Å². The number of thioether (sulfide) groups is 1. The molecule has 0 bridgehead atoms. The molecule has 0 radical (unpaired) electrons. The Morgan fingerprint density at radius 3 is 2.68 bits per heavy atom. The molecule has 1 aromatic carbocycles. The highest BCUT2D eigenvalue weighted by molar-refractivity contribution is 7.99. The van der Waals surface area contributed by atoms with Gasteiger partial charge in [0.15, 0.2) is 5.16 Å². The highest BCUT2D eigenvalue weighted by Crippen LogP contribution is 2.25. The highest BCUT2D eigenvalue weighted by Gasteiger charge is 2.21. The number of aryl methyl sites for hydroxylation is 1. The molecule has 7 heteroatoms. The van der Waals surface area contributed by atoms with E-state index in [1.807, 2.05) is 18.2 Å². The van der Waals surface area contributed by atoms with Gasteiger partial charge < -0.3 is 9.64 Å². The maximum atomic E-state index is 6.25. The van der Waals surface area contributed by atoms with Gasteiger partial charge in [0.1, 0.15) is 0 Å². The number of morpholine rings is 1. The van der Waals surface area contributed by atoms with Crippen molar-refractivity contribution in [2.45, 2.75) is 32.0 Å². The number of aromatic nitrogens is 3. The van der Waals surface area contributed by atoms with Crippen LogP contribution in [0.15, 0.2) is 29.4 Å². The summed E-state index contributed by atoms with van der Waals surface area (Å²) < 4.78 is 7.71. The Bertz CT molecular complexity index is 685. The number of rotatable bonds is 7. The van der Waals surface area contributed by atoms with Gasteiger partial charge in [-0.25, -0.2) is 0 Å². The fraction of sp³-hybridized carbons (Fsp3) is 0.556. The second-order valence-electron chi connectivity index (χ2n) is 6.58. The molecule has 0 aliphatic carbocycles.